The van der Waals surface area contributed by atoms with Crippen LogP contribution in [0.4, 0.5) is 0 Å². The molecule has 0 saturated carbocycles. The Bertz CT molecular complexity index is 1150. The zero-order valence-electron chi connectivity index (χ0n) is 16.3. The van der Waals surface area contributed by atoms with Gasteiger partial charge < -0.3 is 9.15 Å². The molecule has 0 amide bonds. The molecule has 1 aliphatic heterocycles. The highest BCUT2D eigenvalue weighted by Gasteiger charge is 2.25. The van der Waals surface area contributed by atoms with Crippen LogP contribution in [0.3, 0.4) is 0 Å². The number of thioether (sulfide) groups is 1. The summed E-state index contributed by atoms with van der Waals surface area (Å²) in [6.07, 6.45) is 3.49. The average molecular weight is 439 g/mol. The van der Waals surface area contributed by atoms with Crippen molar-refractivity contribution >= 4 is 41.2 Å². The van der Waals surface area contributed by atoms with Gasteiger partial charge in [0, 0.05) is 16.0 Å². The van der Waals surface area contributed by atoms with Gasteiger partial charge in [-0.25, -0.2) is 4.79 Å². The lowest BCUT2D eigenvalue weighted by Gasteiger charge is -2.07. The molecule has 3 aromatic rings. The Balaban J connectivity index is 1.55. The number of fused-ring (bicyclic) bond motifs is 1. The van der Waals surface area contributed by atoms with Crippen LogP contribution in [0.2, 0.25) is 5.02 Å². The SMILES string of the molecule is CCCCOC(=O)c1cc(-c2ccc(/C=C3\Sc4ccccc4C3=O)o2)ccc1Cl. The maximum Gasteiger partial charge on any atom is 0.339 e. The maximum atomic E-state index is 12.5. The summed E-state index contributed by atoms with van der Waals surface area (Å²) in [5, 5.41) is 0.333. The molecule has 2 aromatic carbocycles. The molecule has 0 aliphatic carbocycles. The van der Waals surface area contributed by atoms with Crippen LogP contribution in [0.15, 0.2) is 68.8 Å². The Labute approximate surface area is 183 Å². The third kappa shape index (κ3) is 4.23. The van der Waals surface area contributed by atoms with E-state index in [9.17, 15) is 9.59 Å². The molecule has 4 nitrogen and oxygen atoms in total. The predicted octanol–water partition coefficient (Wildman–Crippen LogP) is 6.89. The smallest absolute Gasteiger partial charge is 0.339 e. The monoisotopic (exact) mass is 438 g/mol. The average Bonchev–Trinajstić information content (AvgIpc) is 3.34. The van der Waals surface area contributed by atoms with Gasteiger partial charge in [0.15, 0.2) is 0 Å². The number of rotatable bonds is 6. The maximum absolute atomic E-state index is 12.5. The Hall–Kier alpha value is -2.76. The molecule has 152 valence electrons. The van der Waals surface area contributed by atoms with Crippen molar-refractivity contribution in [1.82, 2.24) is 0 Å². The summed E-state index contributed by atoms with van der Waals surface area (Å²) >= 11 is 7.62. The molecule has 0 N–H and O–H groups in total. The summed E-state index contributed by atoms with van der Waals surface area (Å²) < 4.78 is 11.2. The van der Waals surface area contributed by atoms with Gasteiger partial charge in [-0.1, -0.05) is 48.8 Å². The molecular formula is C24H19ClO4S. The highest BCUT2D eigenvalue weighted by molar-refractivity contribution is 8.04. The van der Waals surface area contributed by atoms with Gasteiger partial charge in [0.25, 0.3) is 0 Å². The number of hydrogen-bond donors (Lipinski definition) is 0. The minimum Gasteiger partial charge on any atom is -0.462 e. The first-order chi connectivity index (χ1) is 14.6. The third-order valence-corrected chi connectivity index (χ3v) is 6.11. The summed E-state index contributed by atoms with van der Waals surface area (Å²) in [6, 6.07) is 16.2. The zero-order chi connectivity index (χ0) is 21.1. The van der Waals surface area contributed by atoms with Crippen LogP contribution in [0.1, 0.15) is 46.2 Å². The molecule has 2 heterocycles. The van der Waals surface area contributed by atoms with Gasteiger partial charge >= 0.3 is 5.97 Å². The van der Waals surface area contributed by atoms with Crippen LogP contribution in [-0.4, -0.2) is 18.4 Å². The van der Waals surface area contributed by atoms with Gasteiger partial charge in [0.05, 0.1) is 22.1 Å². The number of Topliss-reactive ketones (excluding diaryl/α,β-unsaturated/α-hetero) is 1. The number of allylic oxidation sites excluding steroid dienone is 1. The van der Waals surface area contributed by atoms with E-state index in [0.29, 0.717) is 44.7 Å². The molecule has 0 fully saturated rings. The summed E-state index contributed by atoms with van der Waals surface area (Å²) in [5.74, 6) is 0.692. The highest BCUT2D eigenvalue weighted by atomic mass is 35.5. The van der Waals surface area contributed by atoms with Crippen molar-refractivity contribution in [3.8, 4) is 11.3 Å². The van der Waals surface area contributed by atoms with E-state index in [1.165, 1.54) is 11.8 Å². The number of carbonyl (C=O) groups is 2. The second kappa shape index (κ2) is 8.94. The molecule has 0 unspecified atom stereocenters. The van der Waals surface area contributed by atoms with Crippen molar-refractivity contribution in [3.05, 3.63) is 81.4 Å². The summed E-state index contributed by atoms with van der Waals surface area (Å²) in [4.78, 5) is 26.4. The number of halogens is 1. The van der Waals surface area contributed by atoms with E-state index in [1.807, 2.05) is 31.2 Å². The van der Waals surface area contributed by atoms with E-state index in [0.717, 1.165) is 17.7 Å². The normalized spacial score (nSPS) is 14.2. The molecule has 0 spiro atoms. The minimum absolute atomic E-state index is 0.00264. The highest BCUT2D eigenvalue weighted by Crippen LogP contribution is 2.41. The number of carbonyl (C=O) groups excluding carboxylic acids is 2. The lowest BCUT2D eigenvalue weighted by molar-refractivity contribution is 0.0500. The van der Waals surface area contributed by atoms with E-state index < -0.39 is 5.97 Å². The van der Waals surface area contributed by atoms with E-state index in [2.05, 4.69) is 0 Å². The van der Waals surface area contributed by atoms with Gasteiger partial charge in [-0.3, -0.25) is 4.79 Å². The number of benzene rings is 2. The van der Waals surface area contributed by atoms with Gasteiger partial charge in [0.2, 0.25) is 5.78 Å². The molecule has 30 heavy (non-hydrogen) atoms. The van der Waals surface area contributed by atoms with Gasteiger partial charge in [0.1, 0.15) is 11.5 Å². The molecule has 0 atom stereocenters. The van der Waals surface area contributed by atoms with E-state index in [-0.39, 0.29) is 5.78 Å². The third-order valence-electron chi connectivity index (χ3n) is 4.68. The second-order valence-corrected chi connectivity index (χ2v) is 8.31. The summed E-state index contributed by atoms with van der Waals surface area (Å²) in [6.45, 7) is 2.39. The Kier molecular flexibility index (Phi) is 6.11. The van der Waals surface area contributed by atoms with E-state index in [1.54, 1.807) is 36.4 Å². The van der Waals surface area contributed by atoms with Crippen molar-refractivity contribution in [2.24, 2.45) is 0 Å². The fourth-order valence-corrected chi connectivity index (χ4v) is 4.30. The van der Waals surface area contributed by atoms with Gasteiger partial charge in [-0.2, -0.15) is 0 Å². The minimum atomic E-state index is -0.449. The van der Waals surface area contributed by atoms with E-state index in [4.69, 9.17) is 20.8 Å². The van der Waals surface area contributed by atoms with Crippen LogP contribution < -0.4 is 0 Å². The Morgan fingerprint density at radius 3 is 2.80 bits per heavy atom. The number of esters is 1. The molecule has 1 aliphatic rings. The lowest BCUT2D eigenvalue weighted by atomic mass is 10.1. The van der Waals surface area contributed by atoms with Crippen molar-refractivity contribution in [3.63, 3.8) is 0 Å². The number of ketones is 1. The van der Waals surface area contributed by atoms with Gasteiger partial charge in [-0.15, -0.1) is 0 Å². The second-order valence-electron chi connectivity index (χ2n) is 6.82. The standard InChI is InChI=1S/C24H19ClO4S/c1-2-3-12-28-24(27)18-13-15(8-10-19(18)25)20-11-9-16(29-20)14-22-23(26)17-6-4-5-7-21(17)30-22/h4-11,13-14H,2-3,12H2,1H3/b22-14-. The number of hydrogen-bond acceptors (Lipinski definition) is 5. The quantitative estimate of drug-likeness (QED) is 0.238. The van der Waals surface area contributed by atoms with Gasteiger partial charge in [-0.05, 0) is 55.0 Å². The fourth-order valence-electron chi connectivity index (χ4n) is 3.07. The molecule has 0 radical (unpaired) electrons. The zero-order valence-corrected chi connectivity index (χ0v) is 17.9. The lowest BCUT2D eigenvalue weighted by Crippen LogP contribution is -2.07. The van der Waals surface area contributed by atoms with Crippen molar-refractivity contribution < 1.29 is 18.7 Å². The van der Waals surface area contributed by atoms with Crippen molar-refractivity contribution in [2.45, 2.75) is 24.7 Å². The predicted molar refractivity (Wildman–Crippen MR) is 119 cm³/mol. The van der Waals surface area contributed by atoms with Crippen LogP contribution >= 0.6 is 23.4 Å². The molecule has 0 bridgehead atoms. The largest absolute Gasteiger partial charge is 0.462 e. The van der Waals surface area contributed by atoms with Crippen molar-refractivity contribution in [1.29, 1.82) is 0 Å². The first-order valence-corrected chi connectivity index (χ1v) is 10.9. The van der Waals surface area contributed by atoms with Crippen LogP contribution in [0, 0.1) is 0 Å². The van der Waals surface area contributed by atoms with Crippen molar-refractivity contribution in [2.75, 3.05) is 6.61 Å². The molecule has 1 aromatic heterocycles. The Morgan fingerprint density at radius 2 is 2.00 bits per heavy atom. The summed E-state index contributed by atoms with van der Waals surface area (Å²) in [5.41, 5.74) is 1.73. The fraction of sp³-hybridized carbons (Fsp3) is 0.167. The topological polar surface area (TPSA) is 56.5 Å². The molecular weight excluding hydrogens is 420 g/mol. The first-order valence-electron chi connectivity index (χ1n) is 9.67. The van der Waals surface area contributed by atoms with Crippen LogP contribution in [-0.2, 0) is 4.74 Å². The van der Waals surface area contributed by atoms with Crippen LogP contribution in [0.25, 0.3) is 17.4 Å². The number of unbranched alkanes of at least 4 members (excludes halogenated alkanes) is 1. The van der Waals surface area contributed by atoms with Crippen LogP contribution in [0.5, 0.6) is 0 Å². The molecule has 0 saturated heterocycles. The molecule has 4 rings (SSSR count). The first kappa shape index (κ1) is 20.5. The molecule has 6 heteroatoms. The summed E-state index contributed by atoms with van der Waals surface area (Å²) in [7, 11) is 0. The van der Waals surface area contributed by atoms with E-state index >= 15 is 0 Å². The Morgan fingerprint density at radius 1 is 1.17 bits per heavy atom. The number of furan rings is 1. The number of ether oxygens (including phenoxy) is 1.